The van der Waals surface area contributed by atoms with Crippen LogP contribution in [-0.4, -0.2) is 48.5 Å². The van der Waals surface area contributed by atoms with Gasteiger partial charge in [-0.15, -0.1) is 0 Å². The lowest BCUT2D eigenvalue weighted by Crippen LogP contribution is -2.52. The zero-order chi connectivity index (χ0) is 19.0. The first-order valence-corrected chi connectivity index (χ1v) is 4.80. The van der Waals surface area contributed by atoms with Gasteiger partial charge in [0.25, 0.3) is 12.3 Å². The number of halogens is 12. The van der Waals surface area contributed by atoms with E-state index in [0.717, 1.165) is 0 Å². The number of hydrogen-bond acceptors (Lipinski definition) is 3. The van der Waals surface area contributed by atoms with Gasteiger partial charge in [-0.1, -0.05) is 0 Å². The summed E-state index contributed by atoms with van der Waals surface area (Å²) in [5.74, 6) is -19.9. The van der Waals surface area contributed by atoms with Gasteiger partial charge in [-0.3, -0.25) is 0 Å². The number of ether oxygens (including phenoxy) is 1. The number of esters is 2. The van der Waals surface area contributed by atoms with E-state index < -0.39 is 48.5 Å². The molecule has 0 N–H and O–H groups in total. The maximum absolute atomic E-state index is 12.6. The molecule has 0 aromatic carbocycles. The van der Waals surface area contributed by atoms with Gasteiger partial charge in [-0.2, -0.15) is 43.9 Å². The minimum absolute atomic E-state index is 2.55. The average Bonchev–Trinajstić information content (AvgIpc) is 2.33. The fraction of sp³-hybridized carbons (Fsp3) is 0.750. The summed E-state index contributed by atoms with van der Waals surface area (Å²) in [6.07, 6.45) is -23.4. The molecule has 0 aliphatic carbocycles. The molecule has 0 fully saturated rings. The van der Waals surface area contributed by atoms with E-state index in [2.05, 4.69) is 4.74 Å². The van der Waals surface area contributed by atoms with Gasteiger partial charge in [0.15, 0.2) is 0 Å². The zero-order valence-electron chi connectivity index (χ0n) is 9.92. The molecule has 0 aliphatic heterocycles. The van der Waals surface area contributed by atoms with Crippen molar-refractivity contribution in [1.29, 1.82) is 0 Å². The van der Waals surface area contributed by atoms with Gasteiger partial charge < -0.3 is 4.74 Å². The summed E-state index contributed by atoms with van der Waals surface area (Å²) in [7, 11) is 0. The first-order valence-electron chi connectivity index (χ1n) is 4.80. The smallest absolute Gasteiger partial charge is 0.388 e. The Hall–Kier alpha value is -1.70. The number of hydrogen-bond donors (Lipinski definition) is 0. The molecule has 0 heterocycles. The largest absolute Gasteiger partial charge is 0.457 e. The number of alkyl halides is 12. The minimum atomic E-state index is -6.69. The topological polar surface area (TPSA) is 43.4 Å². The fourth-order valence-electron chi connectivity index (χ4n) is 0.786. The second-order valence-corrected chi connectivity index (χ2v) is 3.71. The number of carbonyl (C=O) groups is 2. The Morgan fingerprint density at radius 1 is 0.609 bits per heavy atom. The van der Waals surface area contributed by atoms with E-state index in [-0.39, 0.29) is 0 Å². The van der Waals surface area contributed by atoms with Crippen LogP contribution in [0.2, 0.25) is 0 Å². The van der Waals surface area contributed by atoms with Crippen molar-refractivity contribution in [3.8, 4) is 0 Å². The summed E-state index contributed by atoms with van der Waals surface area (Å²) in [6.45, 7) is 0. The van der Waals surface area contributed by atoms with Crippen molar-refractivity contribution in [1.82, 2.24) is 0 Å². The summed E-state index contributed by atoms with van der Waals surface area (Å²) in [5.41, 5.74) is 0. The summed E-state index contributed by atoms with van der Waals surface area (Å²) in [5, 5.41) is 0. The van der Waals surface area contributed by atoms with Crippen molar-refractivity contribution in [2.24, 2.45) is 0 Å². The molecule has 0 saturated carbocycles. The van der Waals surface area contributed by atoms with Crippen LogP contribution in [0.15, 0.2) is 0 Å². The van der Waals surface area contributed by atoms with Crippen LogP contribution in [0.4, 0.5) is 52.7 Å². The maximum atomic E-state index is 12.6. The normalized spacial score (nSPS) is 16.7. The van der Waals surface area contributed by atoms with Crippen LogP contribution in [0, 0.1) is 0 Å². The predicted octanol–water partition coefficient (Wildman–Crippen LogP) is 3.13. The molecule has 2 atom stereocenters. The van der Waals surface area contributed by atoms with Crippen LogP contribution in [-0.2, 0) is 14.3 Å². The van der Waals surface area contributed by atoms with Crippen LogP contribution in [0.1, 0.15) is 0 Å². The standard InChI is InChI=1S/C8H2F12O3/c9-1(5(11,12)7(15,16)17)3(21)23-4(22)2(10)6(13,14)8(18,19)20/h1-2H. The van der Waals surface area contributed by atoms with Crippen molar-refractivity contribution >= 4 is 11.9 Å². The highest BCUT2D eigenvalue weighted by atomic mass is 19.4. The maximum Gasteiger partial charge on any atom is 0.457 e. The van der Waals surface area contributed by atoms with Crippen LogP contribution in [0.3, 0.4) is 0 Å². The molecule has 0 amide bonds. The molecule has 0 aromatic heterocycles. The van der Waals surface area contributed by atoms with Crippen molar-refractivity contribution in [3.63, 3.8) is 0 Å². The number of carbonyl (C=O) groups excluding carboxylic acids is 2. The quantitative estimate of drug-likeness (QED) is 0.432. The molecular weight excluding hydrogens is 372 g/mol. The van der Waals surface area contributed by atoms with Crippen LogP contribution in [0.25, 0.3) is 0 Å². The third-order valence-electron chi connectivity index (χ3n) is 2.01. The molecule has 136 valence electrons. The van der Waals surface area contributed by atoms with E-state index in [4.69, 9.17) is 0 Å². The highest BCUT2D eigenvalue weighted by Crippen LogP contribution is 2.41. The molecule has 0 aromatic rings. The summed E-state index contributed by atoms with van der Waals surface area (Å²) < 4.78 is 147. The Morgan fingerprint density at radius 2 is 0.826 bits per heavy atom. The lowest BCUT2D eigenvalue weighted by Gasteiger charge is -2.23. The van der Waals surface area contributed by atoms with Crippen LogP contribution < -0.4 is 0 Å². The van der Waals surface area contributed by atoms with Crippen LogP contribution >= 0.6 is 0 Å². The zero-order valence-corrected chi connectivity index (χ0v) is 9.92. The van der Waals surface area contributed by atoms with Crippen molar-refractivity contribution in [2.45, 2.75) is 36.5 Å². The summed E-state index contributed by atoms with van der Waals surface area (Å²) >= 11 is 0. The molecule has 0 rings (SSSR count). The van der Waals surface area contributed by atoms with E-state index in [1.165, 1.54) is 0 Å². The van der Waals surface area contributed by atoms with Crippen molar-refractivity contribution in [3.05, 3.63) is 0 Å². The molecule has 3 nitrogen and oxygen atoms in total. The summed E-state index contributed by atoms with van der Waals surface area (Å²) in [6, 6.07) is 0. The molecule has 2 unspecified atom stereocenters. The monoisotopic (exact) mass is 374 g/mol. The fourth-order valence-corrected chi connectivity index (χ4v) is 0.786. The Labute approximate surface area is 117 Å². The number of rotatable bonds is 4. The van der Waals surface area contributed by atoms with Crippen molar-refractivity contribution in [2.75, 3.05) is 0 Å². The molecule has 23 heavy (non-hydrogen) atoms. The van der Waals surface area contributed by atoms with E-state index in [0.29, 0.717) is 0 Å². The predicted molar refractivity (Wildman–Crippen MR) is 42.9 cm³/mol. The third-order valence-corrected chi connectivity index (χ3v) is 2.01. The lowest BCUT2D eigenvalue weighted by molar-refractivity contribution is -0.305. The molecule has 0 spiro atoms. The Bertz CT molecular complexity index is 422. The SMILES string of the molecule is O=C(OC(=O)C(F)C(F)(F)C(F)(F)F)C(F)C(F)(F)C(F)(F)F. The van der Waals surface area contributed by atoms with Gasteiger partial charge in [0.2, 0.25) is 0 Å². The molecule has 0 radical (unpaired) electrons. The Kier molecular flexibility index (Phi) is 5.62. The second kappa shape index (κ2) is 6.07. The van der Waals surface area contributed by atoms with Gasteiger partial charge in [0, 0.05) is 0 Å². The van der Waals surface area contributed by atoms with E-state index >= 15 is 0 Å². The highest BCUT2D eigenvalue weighted by molar-refractivity contribution is 5.91. The Balaban J connectivity index is 5.17. The average molecular weight is 374 g/mol. The first kappa shape index (κ1) is 21.3. The Morgan fingerprint density at radius 3 is 1.00 bits per heavy atom. The van der Waals surface area contributed by atoms with Gasteiger partial charge in [0.1, 0.15) is 0 Å². The van der Waals surface area contributed by atoms with Gasteiger partial charge in [-0.25, -0.2) is 18.4 Å². The third kappa shape index (κ3) is 4.19. The molecular formula is C8H2F12O3. The van der Waals surface area contributed by atoms with Gasteiger partial charge in [0.05, 0.1) is 0 Å². The lowest BCUT2D eigenvalue weighted by atomic mass is 10.2. The van der Waals surface area contributed by atoms with Gasteiger partial charge >= 0.3 is 36.1 Å². The molecule has 0 aliphatic rings. The molecule has 15 heteroatoms. The van der Waals surface area contributed by atoms with Crippen LogP contribution in [0.5, 0.6) is 0 Å². The first-order chi connectivity index (χ1) is 9.87. The summed E-state index contributed by atoms with van der Waals surface area (Å²) in [4.78, 5) is 20.9. The molecule has 0 saturated heterocycles. The van der Waals surface area contributed by atoms with Gasteiger partial charge in [-0.05, 0) is 0 Å². The van der Waals surface area contributed by atoms with E-state index in [1.54, 1.807) is 0 Å². The molecule has 0 bridgehead atoms. The van der Waals surface area contributed by atoms with E-state index in [9.17, 15) is 62.3 Å². The minimum Gasteiger partial charge on any atom is -0.388 e. The van der Waals surface area contributed by atoms with E-state index in [1.807, 2.05) is 0 Å². The highest BCUT2D eigenvalue weighted by Gasteiger charge is 2.68. The second-order valence-electron chi connectivity index (χ2n) is 3.71. The van der Waals surface area contributed by atoms with Crippen molar-refractivity contribution < 1.29 is 67.0 Å².